The summed E-state index contributed by atoms with van der Waals surface area (Å²) < 4.78 is 26.3. The second-order valence-electron chi connectivity index (χ2n) is 5.50. The van der Waals surface area contributed by atoms with Crippen LogP contribution in [0.25, 0.3) is 0 Å². The van der Waals surface area contributed by atoms with Crippen molar-refractivity contribution in [2.24, 2.45) is 0 Å². The van der Waals surface area contributed by atoms with Gasteiger partial charge >= 0.3 is 17.9 Å². The number of methoxy groups -OCH3 is 1. The maximum Gasteiger partial charge on any atom is 0.352 e. The lowest BCUT2D eigenvalue weighted by atomic mass is 9.99. The summed E-state index contributed by atoms with van der Waals surface area (Å²) in [6.07, 6.45) is -4.08. The van der Waals surface area contributed by atoms with Gasteiger partial charge in [0.25, 0.3) is 0 Å². The molecule has 0 spiro atoms. The van der Waals surface area contributed by atoms with Gasteiger partial charge in [0.05, 0.1) is 7.11 Å². The normalized spacial score (nSPS) is 25.5. The summed E-state index contributed by atoms with van der Waals surface area (Å²) in [7, 11) is 1.54. The number of carbonyl (C=O) groups is 3. The van der Waals surface area contributed by atoms with Gasteiger partial charge < -0.3 is 23.7 Å². The minimum absolute atomic E-state index is 0.453. The molecule has 136 valence electrons. The fraction of sp³-hybridized carbons (Fsp3) is 0.471. The lowest BCUT2D eigenvalue weighted by Crippen LogP contribution is -2.59. The Bertz CT molecular complexity index is 639. The lowest BCUT2D eigenvalue weighted by molar-refractivity contribution is -0.213. The van der Waals surface area contributed by atoms with Crippen molar-refractivity contribution in [2.45, 2.75) is 45.2 Å². The molecule has 2 rings (SSSR count). The molecule has 1 heterocycles. The van der Waals surface area contributed by atoms with Crippen LogP contribution in [-0.4, -0.2) is 49.4 Å². The molecule has 0 aromatic heterocycles. The Kier molecular flexibility index (Phi) is 5.84. The van der Waals surface area contributed by atoms with E-state index in [1.807, 2.05) is 0 Å². The molecule has 4 atom stereocenters. The quantitative estimate of drug-likeness (QED) is 0.577. The van der Waals surface area contributed by atoms with Crippen molar-refractivity contribution in [3.05, 3.63) is 24.3 Å². The number of esters is 3. The van der Waals surface area contributed by atoms with Crippen LogP contribution in [0.2, 0.25) is 0 Å². The molecule has 1 saturated heterocycles. The first-order valence-electron chi connectivity index (χ1n) is 7.67. The van der Waals surface area contributed by atoms with E-state index in [9.17, 15) is 14.4 Å². The second kappa shape index (κ2) is 7.87. The van der Waals surface area contributed by atoms with Gasteiger partial charge in [0, 0.05) is 13.8 Å². The predicted molar refractivity (Wildman–Crippen MR) is 84.1 cm³/mol. The Balaban J connectivity index is 2.27. The molecule has 8 nitrogen and oxygen atoms in total. The summed E-state index contributed by atoms with van der Waals surface area (Å²) >= 11 is 0. The smallest absolute Gasteiger partial charge is 0.352 e. The highest BCUT2D eigenvalue weighted by molar-refractivity contribution is 5.81. The molecule has 25 heavy (non-hydrogen) atoms. The average molecular weight is 352 g/mol. The van der Waals surface area contributed by atoms with Crippen molar-refractivity contribution in [3.8, 4) is 11.5 Å². The number of carbonyl (C=O) groups excluding carboxylic acids is 3. The van der Waals surface area contributed by atoms with Crippen LogP contribution in [0.5, 0.6) is 11.5 Å². The van der Waals surface area contributed by atoms with Gasteiger partial charge in [0.15, 0.2) is 12.2 Å². The van der Waals surface area contributed by atoms with Gasteiger partial charge in [0.1, 0.15) is 17.6 Å². The number of hydrogen-bond acceptors (Lipinski definition) is 8. The molecule has 1 aromatic carbocycles. The van der Waals surface area contributed by atoms with Crippen LogP contribution in [0.15, 0.2) is 24.3 Å². The van der Waals surface area contributed by atoms with Crippen molar-refractivity contribution in [2.75, 3.05) is 7.11 Å². The van der Waals surface area contributed by atoms with E-state index in [-0.39, 0.29) is 0 Å². The largest absolute Gasteiger partial charge is 0.497 e. The Hall–Kier alpha value is -2.77. The van der Waals surface area contributed by atoms with Gasteiger partial charge in [-0.15, -0.1) is 0 Å². The zero-order valence-electron chi connectivity index (χ0n) is 14.4. The topological polar surface area (TPSA) is 97.4 Å². The summed E-state index contributed by atoms with van der Waals surface area (Å²) in [5.74, 6) is -1.02. The van der Waals surface area contributed by atoms with Crippen LogP contribution in [-0.2, 0) is 28.6 Å². The van der Waals surface area contributed by atoms with Gasteiger partial charge in [-0.25, -0.2) is 4.79 Å². The summed E-state index contributed by atoms with van der Waals surface area (Å²) in [4.78, 5) is 34.8. The first kappa shape index (κ1) is 18.6. The third-order valence-corrected chi connectivity index (χ3v) is 3.55. The van der Waals surface area contributed by atoms with E-state index in [4.69, 9.17) is 23.7 Å². The fourth-order valence-corrected chi connectivity index (χ4v) is 2.48. The lowest BCUT2D eigenvalue weighted by Gasteiger charge is -2.38. The monoisotopic (exact) mass is 352 g/mol. The molecule has 0 bridgehead atoms. The summed E-state index contributed by atoms with van der Waals surface area (Å²) in [6.45, 7) is 3.95. The molecule has 0 saturated carbocycles. The van der Waals surface area contributed by atoms with E-state index in [1.54, 1.807) is 38.3 Å². The van der Waals surface area contributed by atoms with Crippen LogP contribution < -0.4 is 9.47 Å². The fourth-order valence-electron chi connectivity index (χ4n) is 2.48. The molecule has 0 aliphatic carbocycles. The molecular weight excluding hydrogens is 332 g/mol. The number of rotatable bonds is 5. The molecule has 0 amide bonds. The molecule has 1 fully saturated rings. The molecular formula is C17H20O8. The van der Waals surface area contributed by atoms with E-state index in [1.165, 1.54) is 6.92 Å². The third-order valence-electron chi connectivity index (χ3n) is 3.55. The zero-order valence-corrected chi connectivity index (χ0v) is 14.4. The molecule has 8 heteroatoms. The molecule has 0 N–H and O–H groups in total. The Morgan fingerprint density at radius 3 is 2.04 bits per heavy atom. The average Bonchev–Trinajstić information content (AvgIpc) is 2.54. The Morgan fingerprint density at radius 2 is 1.52 bits per heavy atom. The Morgan fingerprint density at radius 1 is 0.960 bits per heavy atom. The van der Waals surface area contributed by atoms with E-state index in [0.29, 0.717) is 11.5 Å². The maximum absolute atomic E-state index is 12.1. The van der Waals surface area contributed by atoms with Crippen molar-refractivity contribution in [3.63, 3.8) is 0 Å². The van der Waals surface area contributed by atoms with Crippen molar-refractivity contribution >= 4 is 17.9 Å². The third kappa shape index (κ3) is 4.62. The van der Waals surface area contributed by atoms with E-state index in [2.05, 4.69) is 0 Å². The minimum Gasteiger partial charge on any atom is -0.497 e. The minimum atomic E-state index is -1.39. The van der Waals surface area contributed by atoms with Crippen LogP contribution in [0.1, 0.15) is 20.8 Å². The molecule has 1 aromatic rings. The summed E-state index contributed by atoms with van der Waals surface area (Å²) in [5, 5.41) is 0. The van der Waals surface area contributed by atoms with E-state index >= 15 is 0 Å². The second-order valence-corrected chi connectivity index (χ2v) is 5.50. The predicted octanol–water partition coefficient (Wildman–Crippen LogP) is 1.25. The van der Waals surface area contributed by atoms with Gasteiger partial charge in [-0.2, -0.15) is 0 Å². The van der Waals surface area contributed by atoms with Gasteiger partial charge in [-0.1, -0.05) is 0 Å². The van der Waals surface area contributed by atoms with Crippen molar-refractivity contribution < 1.29 is 38.1 Å². The molecule has 1 aliphatic rings. The van der Waals surface area contributed by atoms with Crippen LogP contribution in [0, 0.1) is 0 Å². The van der Waals surface area contributed by atoms with Crippen LogP contribution in [0.4, 0.5) is 0 Å². The molecule has 0 radical (unpaired) electrons. The first-order valence-corrected chi connectivity index (χ1v) is 7.67. The molecule has 0 unspecified atom stereocenters. The van der Waals surface area contributed by atoms with Crippen molar-refractivity contribution in [1.29, 1.82) is 0 Å². The maximum atomic E-state index is 12.1. The van der Waals surface area contributed by atoms with Crippen LogP contribution in [0.3, 0.4) is 0 Å². The number of hydrogen-bond donors (Lipinski definition) is 0. The highest BCUT2D eigenvalue weighted by atomic mass is 16.7. The Labute approximate surface area is 144 Å². The van der Waals surface area contributed by atoms with Crippen LogP contribution >= 0.6 is 0 Å². The highest BCUT2D eigenvalue weighted by Gasteiger charge is 2.50. The number of ether oxygens (including phenoxy) is 5. The number of cyclic esters (lactones) is 1. The first-order chi connectivity index (χ1) is 11.8. The standard InChI is InChI=1S/C17H20O8/c1-9-14(25-13-7-5-12(21-4)6-8-13)15(23-10(2)18)16(17(20)22-9)24-11(3)19/h5-9,14-16H,1-4H3/t9-,14-,15-,16-/m0/s1. The molecule has 1 aliphatic heterocycles. The zero-order chi connectivity index (χ0) is 18.6. The van der Waals surface area contributed by atoms with Gasteiger partial charge in [-0.3, -0.25) is 9.59 Å². The van der Waals surface area contributed by atoms with E-state index < -0.39 is 42.3 Å². The van der Waals surface area contributed by atoms with Gasteiger partial charge in [-0.05, 0) is 31.2 Å². The van der Waals surface area contributed by atoms with Crippen molar-refractivity contribution in [1.82, 2.24) is 0 Å². The summed E-state index contributed by atoms with van der Waals surface area (Å²) in [5.41, 5.74) is 0. The van der Waals surface area contributed by atoms with E-state index in [0.717, 1.165) is 6.92 Å². The summed E-state index contributed by atoms with van der Waals surface area (Å²) in [6, 6.07) is 6.71. The highest BCUT2D eigenvalue weighted by Crippen LogP contribution is 2.27. The van der Waals surface area contributed by atoms with Gasteiger partial charge in [0.2, 0.25) is 6.10 Å². The number of benzene rings is 1. The SMILES string of the molecule is COc1ccc(O[C@@H]2[C@H](OC(C)=O)[C@H](OC(C)=O)C(=O)O[C@H]2C)cc1.